The Hall–Kier alpha value is -0.160. The Morgan fingerprint density at radius 2 is 2.11 bits per heavy atom. The molecule has 1 N–H and O–H groups in total. The van der Waals surface area contributed by atoms with E-state index in [1.807, 2.05) is 0 Å². The molecular formula is C14H30N2O2. The Balaban J connectivity index is 2.05. The maximum absolute atomic E-state index is 5.50. The van der Waals surface area contributed by atoms with Crippen LogP contribution in [0.4, 0.5) is 0 Å². The van der Waals surface area contributed by atoms with Crippen molar-refractivity contribution in [3.8, 4) is 0 Å². The first-order valence-corrected chi connectivity index (χ1v) is 7.39. The molecule has 0 spiro atoms. The topological polar surface area (TPSA) is 33.7 Å². The van der Waals surface area contributed by atoms with Gasteiger partial charge in [0.2, 0.25) is 0 Å². The second kappa shape index (κ2) is 10.7. The molecule has 0 aromatic rings. The van der Waals surface area contributed by atoms with E-state index in [0.29, 0.717) is 12.6 Å². The first-order valence-electron chi connectivity index (χ1n) is 7.39. The van der Waals surface area contributed by atoms with Crippen LogP contribution in [0, 0.1) is 0 Å². The molecule has 0 amide bonds. The van der Waals surface area contributed by atoms with E-state index in [1.165, 1.54) is 45.4 Å². The van der Waals surface area contributed by atoms with E-state index in [0.717, 1.165) is 19.6 Å². The lowest BCUT2D eigenvalue weighted by molar-refractivity contribution is 0.0646. The zero-order chi connectivity index (χ0) is 13.1. The average molecular weight is 258 g/mol. The molecule has 1 aliphatic rings. The molecular weight excluding hydrogens is 228 g/mol. The zero-order valence-corrected chi connectivity index (χ0v) is 12.1. The number of nitrogens with zero attached hydrogens (tertiary/aromatic N) is 1. The molecule has 108 valence electrons. The van der Waals surface area contributed by atoms with Gasteiger partial charge in [0.25, 0.3) is 0 Å². The minimum Gasteiger partial charge on any atom is -0.382 e. The zero-order valence-electron chi connectivity index (χ0n) is 12.1. The van der Waals surface area contributed by atoms with E-state index in [2.05, 4.69) is 17.1 Å². The van der Waals surface area contributed by atoms with Gasteiger partial charge in [-0.1, -0.05) is 6.92 Å². The van der Waals surface area contributed by atoms with Gasteiger partial charge in [-0.05, 0) is 45.3 Å². The molecule has 0 radical (unpaired) electrons. The van der Waals surface area contributed by atoms with Crippen LogP contribution in [-0.2, 0) is 9.47 Å². The predicted molar refractivity (Wildman–Crippen MR) is 75.1 cm³/mol. The predicted octanol–water partition coefficient (Wildman–Crippen LogP) is 1.50. The maximum atomic E-state index is 5.50. The lowest BCUT2D eigenvalue weighted by Gasteiger charge is -2.28. The van der Waals surface area contributed by atoms with Gasteiger partial charge < -0.3 is 19.7 Å². The van der Waals surface area contributed by atoms with Crippen molar-refractivity contribution in [2.75, 3.05) is 53.1 Å². The lowest BCUT2D eigenvalue weighted by atomic mass is 10.1. The number of hydrogen-bond donors (Lipinski definition) is 1. The monoisotopic (exact) mass is 258 g/mol. The van der Waals surface area contributed by atoms with Crippen molar-refractivity contribution in [3.05, 3.63) is 0 Å². The molecule has 0 saturated carbocycles. The molecule has 0 aliphatic carbocycles. The third kappa shape index (κ3) is 7.31. The van der Waals surface area contributed by atoms with Crippen molar-refractivity contribution in [1.29, 1.82) is 0 Å². The highest BCUT2D eigenvalue weighted by atomic mass is 16.5. The highest BCUT2D eigenvalue weighted by Crippen LogP contribution is 2.05. The smallest absolute Gasteiger partial charge is 0.0700 e. The summed E-state index contributed by atoms with van der Waals surface area (Å²) in [6.45, 7) is 9.34. The van der Waals surface area contributed by atoms with E-state index in [9.17, 15) is 0 Å². The number of rotatable bonds is 8. The highest BCUT2D eigenvalue weighted by Gasteiger charge is 2.12. The molecule has 0 bridgehead atoms. The number of methoxy groups -OCH3 is 1. The normalized spacial score (nSPS) is 22.7. The van der Waals surface area contributed by atoms with Gasteiger partial charge in [-0.3, -0.25) is 0 Å². The van der Waals surface area contributed by atoms with Crippen LogP contribution in [0.25, 0.3) is 0 Å². The van der Waals surface area contributed by atoms with Crippen LogP contribution in [0.1, 0.15) is 32.6 Å². The van der Waals surface area contributed by atoms with E-state index in [4.69, 9.17) is 9.47 Å². The van der Waals surface area contributed by atoms with Crippen LogP contribution >= 0.6 is 0 Å². The van der Waals surface area contributed by atoms with Crippen molar-refractivity contribution in [3.63, 3.8) is 0 Å². The molecule has 1 rings (SSSR count). The van der Waals surface area contributed by atoms with Crippen molar-refractivity contribution in [1.82, 2.24) is 10.2 Å². The SMILES string of the molecule is CCC1CCN(CCCOCCOC)CCCN1. The fourth-order valence-corrected chi connectivity index (χ4v) is 2.37. The minimum absolute atomic E-state index is 0.702. The fraction of sp³-hybridized carbons (Fsp3) is 1.00. The fourth-order valence-electron chi connectivity index (χ4n) is 2.37. The van der Waals surface area contributed by atoms with Crippen molar-refractivity contribution >= 4 is 0 Å². The average Bonchev–Trinajstić information content (AvgIpc) is 2.36. The van der Waals surface area contributed by atoms with Crippen LogP contribution in [-0.4, -0.2) is 64.1 Å². The maximum Gasteiger partial charge on any atom is 0.0700 e. The van der Waals surface area contributed by atoms with Crippen molar-refractivity contribution < 1.29 is 9.47 Å². The molecule has 1 aliphatic heterocycles. The summed E-state index contributed by atoms with van der Waals surface area (Å²) in [4.78, 5) is 2.59. The summed E-state index contributed by atoms with van der Waals surface area (Å²) in [5, 5.41) is 3.62. The number of ether oxygens (including phenoxy) is 2. The van der Waals surface area contributed by atoms with Crippen molar-refractivity contribution in [2.45, 2.75) is 38.6 Å². The summed E-state index contributed by atoms with van der Waals surface area (Å²) in [6.07, 6.45) is 4.92. The molecule has 0 aromatic carbocycles. The second-order valence-electron chi connectivity index (χ2n) is 5.00. The van der Waals surface area contributed by atoms with E-state index in [1.54, 1.807) is 7.11 Å². The summed E-state index contributed by atoms with van der Waals surface area (Å²) in [6, 6.07) is 0.714. The molecule has 1 saturated heterocycles. The Bertz CT molecular complexity index is 191. The Morgan fingerprint density at radius 3 is 2.89 bits per heavy atom. The van der Waals surface area contributed by atoms with Crippen LogP contribution in [0.5, 0.6) is 0 Å². The molecule has 0 aromatic heterocycles. The van der Waals surface area contributed by atoms with Gasteiger partial charge in [-0.15, -0.1) is 0 Å². The Labute approximate surface area is 112 Å². The summed E-state index contributed by atoms with van der Waals surface area (Å²) in [7, 11) is 1.71. The molecule has 1 fully saturated rings. The minimum atomic E-state index is 0.702. The van der Waals surface area contributed by atoms with Gasteiger partial charge in [-0.25, -0.2) is 0 Å². The van der Waals surface area contributed by atoms with Crippen LogP contribution in [0.2, 0.25) is 0 Å². The molecule has 1 unspecified atom stereocenters. The van der Waals surface area contributed by atoms with E-state index in [-0.39, 0.29) is 0 Å². The highest BCUT2D eigenvalue weighted by molar-refractivity contribution is 4.72. The van der Waals surface area contributed by atoms with Crippen LogP contribution in [0.3, 0.4) is 0 Å². The summed E-state index contributed by atoms with van der Waals surface area (Å²) in [5.41, 5.74) is 0. The van der Waals surface area contributed by atoms with Crippen molar-refractivity contribution in [2.24, 2.45) is 0 Å². The van der Waals surface area contributed by atoms with Crippen LogP contribution < -0.4 is 5.32 Å². The second-order valence-corrected chi connectivity index (χ2v) is 5.00. The largest absolute Gasteiger partial charge is 0.382 e. The molecule has 4 heteroatoms. The number of nitrogens with one attached hydrogen (secondary N) is 1. The first kappa shape index (κ1) is 15.9. The van der Waals surface area contributed by atoms with Gasteiger partial charge in [0.05, 0.1) is 13.2 Å². The quantitative estimate of drug-likeness (QED) is 0.669. The van der Waals surface area contributed by atoms with Gasteiger partial charge in [0.1, 0.15) is 0 Å². The first-order chi connectivity index (χ1) is 8.86. The van der Waals surface area contributed by atoms with Gasteiger partial charge in [0, 0.05) is 26.3 Å². The summed E-state index contributed by atoms with van der Waals surface area (Å²) in [5.74, 6) is 0. The van der Waals surface area contributed by atoms with E-state index < -0.39 is 0 Å². The third-order valence-electron chi connectivity index (χ3n) is 3.57. The molecule has 1 heterocycles. The van der Waals surface area contributed by atoms with E-state index >= 15 is 0 Å². The van der Waals surface area contributed by atoms with Crippen LogP contribution in [0.15, 0.2) is 0 Å². The third-order valence-corrected chi connectivity index (χ3v) is 3.57. The van der Waals surface area contributed by atoms with Gasteiger partial charge in [0.15, 0.2) is 0 Å². The standard InChI is InChI=1S/C14H30N2O2/c1-3-14-6-10-16(8-4-7-15-14)9-5-11-18-13-12-17-2/h14-15H,3-13H2,1-2H3. The summed E-state index contributed by atoms with van der Waals surface area (Å²) >= 11 is 0. The van der Waals surface area contributed by atoms with Gasteiger partial charge >= 0.3 is 0 Å². The van der Waals surface area contributed by atoms with Gasteiger partial charge in [-0.2, -0.15) is 0 Å². The molecule has 1 atom stereocenters. The molecule has 18 heavy (non-hydrogen) atoms. The summed E-state index contributed by atoms with van der Waals surface area (Å²) < 4.78 is 10.4. The lowest BCUT2D eigenvalue weighted by Crippen LogP contribution is -2.40. The Kier molecular flexibility index (Phi) is 9.48. The number of hydrogen-bond acceptors (Lipinski definition) is 4. The molecule has 4 nitrogen and oxygen atoms in total. The Morgan fingerprint density at radius 1 is 1.22 bits per heavy atom.